The Morgan fingerprint density at radius 1 is 0.923 bits per heavy atom. The van der Waals surface area contributed by atoms with Crippen molar-refractivity contribution in [2.24, 2.45) is 0 Å². The molecule has 0 aliphatic heterocycles. The summed E-state index contributed by atoms with van der Waals surface area (Å²) in [5.74, 6) is -0.00226. The Morgan fingerprint density at radius 3 is 2.46 bits per heavy atom. The molecule has 3 aromatic rings. The number of fused-ring (bicyclic) bond motifs is 1. The first kappa shape index (κ1) is 16.5. The lowest BCUT2D eigenvalue weighted by atomic mass is 9.92. The van der Waals surface area contributed by atoms with Crippen LogP contribution in [0.3, 0.4) is 0 Å². The van der Waals surface area contributed by atoms with Crippen molar-refractivity contribution in [1.29, 1.82) is 0 Å². The van der Waals surface area contributed by atoms with Crippen molar-refractivity contribution in [2.75, 3.05) is 0 Å². The minimum absolute atomic E-state index is 0.00226. The van der Waals surface area contributed by atoms with Gasteiger partial charge >= 0.3 is 6.01 Å². The predicted octanol–water partition coefficient (Wildman–Crippen LogP) is 3.75. The largest absolute Gasteiger partial charge is 0.460 e. The van der Waals surface area contributed by atoms with Crippen LogP contribution in [0.25, 0.3) is 10.8 Å². The van der Waals surface area contributed by atoms with E-state index in [1.807, 2.05) is 42.5 Å². The normalized spacial score (nSPS) is 19.8. The fourth-order valence-electron chi connectivity index (χ4n) is 3.51. The molecule has 1 aliphatic rings. The minimum atomic E-state index is -0.00226. The second-order valence-electron chi connectivity index (χ2n) is 6.62. The zero-order valence-electron chi connectivity index (χ0n) is 14.5. The van der Waals surface area contributed by atoms with E-state index in [4.69, 9.17) is 4.74 Å². The van der Waals surface area contributed by atoms with Gasteiger partial charge in [-0.1, -0.05) is 36.4 Å². The lowest BCUT2D eigenvalue weighted by Crippen LogP contribution is -2.39. The van der Waals surface area contributed by atoms with Crippen LogP contribution in [0.1, 0.15) is 36.0 Å². The molecule has 0 radical (unpaired) electrons. The highest BCUT2D eigenvalue weighted by molar-refractivity contribution is 6.07. The summed E-state index contributed by atoms with van der Waals surface area (Å²) in [7, 11) is 0. The highest BCUT2D eigenvalue weighted by Crippen LogP contribution is 2.23. The molecule has 1 aromatic heterocycles. The molecule has 1 saturated carbocycles. The van der Waals surface area contributed by atoms with Crippen molar-refractivity contribution >= 4 is 16.7 Å². The third-order valence-corrected chi connectivity index (χ3v) is 4.86. The molecule has 4 rings (SSSR count). The lowest BCUT2D eigenvalue weighted by Gasteiger charge is -2.29. The van der Waals surface area contributed by atoms with Crippen molar-refractivity contribution < 1.29 is 9.53 Å². The number of carbonyl (C=O) groups is 1. The summed E-state index contributed by atoms with van der Waals surface area (Å²) in [6, 6.07) is 16.2. The molecular formula is C21H21N3O2. The molecule has 26 heavy (non-hydrogen) atoms. The molecule has 5 nitrogen and oxygen atoms in total. The number of aromatic nitrogens is 2. The van der Waals surface area contributed by atoms with Gasteiger partial charge in [0.2, 0.25) is 0 Å². The van der Waals surface area contributed by atoms with Gasteiger partial charge < -0.3 is 10.1 Å². The number of ether oxygens (including phenoxy) is 1. The maximum absolute atomic E-state index is 12.7. The number of rotatable bonds is 4. The van der Waals surface area contributed by atoms with Gasteiger partial charge in [-0.25, -0.2) is 9.97 Å². The Hall–Kier alpha value is -2.95. The monoisotopic (exact) mass is 347 g/mol. The first-order chi connectivity index (χ1) is 12.8. The van der Waals surface area contributed by atoms with Crippen molar-refractivity contribution in [3.8, 4) is 6.01 Å². The van der Waals surface area contributed by atoms with Crippen LogP contribution < -0.4 is 10.1 Å². The molecule has 132 valence electrons. The van der Waals surface area contributed by atoms with E-state index in [2.05, 4.69) is 15.3 Å². The molecule has 0 unspecified atom stereocenters. The summed E-state index contributed by atoms with van der Waals surface area (Å²) in [6.07, 6.45) is 7.04. The summed E-state index contributed by atoms with van der Waals surface area (Å²) in [5.41, 5.74) is 0.735. The van der Waals surface area contributed by atoms with Gasteiger partial charge in [-0.3, -0.25) is 4.79 Å². The van der Waals surface area contributed by atoms with Crippen LogP contribution in [-0.4, -0.2) is 28.0 Å². The molecule has 1 aliphatic carbocycles. The maximum atomic E-state index is 12.7. The van der Waals surface area contributed by atoms with Gasteiger partial charge in [0.1, 0.15) is 6.10 Å². The minimum Gasteiger partial charge on any atom is -0.460 e. The first-order valence-corrected chi connectivity index (χ1v) is 9.02. The quantitative estimate of drug-likeness (QED) is 0.781. The van der Waals surface area contributed by atoms with Gasteiger partial charge in [0, 0.05) is 24.0 Å². The van der Waals surface area contributed by atoms with Crippen molar-refractivity contribution in [1.82, 2.24) is 15.3 Å². The van der Waals surface area contributed by atoms with Crippen LogP contribution >= 0.6 is 0 Å². The van der Waals surface area contributed by atoms with Crippen LogP contribution in [-0.2, 0) is 0 Å². The smallest absolute Gasteiger partial charge is 0.316 e. The van der Waals surface area contributed by atoms with Gasteiger partial charge in [0.15, 0.2) is 0 Å². The Labute approximate surface area is 152 Å². The molecule has 0 bridgehead atoms. The lowest BCUT2D eigenvalue weighted by molar-refractivity contribution is 0.0886. The number of benzene rings is 2. The SMILES string of the molecule is O=C(NC1CCC(Oc2ncccn2)CC1)c1cccc2ccccc12. The van der Waals surface area contributed by atoms with E-state index in [1.165, 1.54) is 0 Å². The van der Waals surface area contributed by atoms with Gasteiger partial charge in [-0.15, -0.1) is 0 Å². The van der Waals surface area contributed by atoms with Gasteiger partial charge in [-0.05, 0) is 48.6 Å². The fourth-order valence-corrected chi connectivity index (χ4v) is 3.51. The third kappa shape index (κ3) is 3.67. The van der Waals surface area contributed by atoms with Crippen molar-refractivity contribution in [3.05, 3.63) is 66.5 Å². The molecule has 1 fully saturated rings. The van der Waals surface area contributed by atoms with E-state index in [0.29, 0.717) is 6.01 Å². The van der Waals surface area contributed by atoms with Gasteiger partial charge in [0.05, 0.1) is 0 Å². The zero-order valence-corrected chi connectivity index (χ0v) is 14.5. The van der Waals surface area contributed by atoms with Crippen molar-refractivity contribution in [2.45, 2.75) is 37.8 Å². The highest BCUT2D eigenvalue weighted by atomic mass is 16.5. The number of nitrogens with one attached hydrogen (secondary N) is 1. The maximum Gasteiger partial charge on any atom is 0.316 e. The zero-order chi connectivity index (χ0) is 17.8. The van der Waals surface area contributed by atoms with E-state index in [9.17, 15) is 4.79 Å². The Kier molecular flexibility index (Phi) is 4.78. The molecule has 0 spiro atoms. The third-order valence-electron chi connectivity index (χ3n) is 4.86. The van der Waals surface area contributed by atoms with Crippen LogP contribution in [0.2, 0.25) is 0 Å². The number of nitrogens with zero attached hydrogens (tertiary/aromatic N) is 2. The van der Waals surface area contributed by atoms with E-state index >= 15 is 0 Å². The van der Waals surface area contributed by atoms with Crippen LogP contribution in [0.4, 0.5) is 0 Å². The fraction of sp³-hybridized carbons (Fsp3) is 0.286. The number of hydrogen-bond acceptors (Lipinski definition) is 4. The second kappa shape index (κ2) is 7.52. The predicted molar refractivity (Wildman–Crippen MR) is 100 cm³/mol. The molecule has 0 saturated heterocycles. The highest BCUT2D eigenvalue weighted by Gasteiger charge is 2.24. The molecule has 1 amide bonds. The molecule has 2 aromatic carbocycles. The van der Waals surface area contributed by atoms with Crippen LogP contribution in [0.5, 0.6) is 6.01 Å². The van der Waals surface area contributed by atoms with E-state index in [-0.39, 0.29) is 18.1 Å². The summed E-state index contributed by atoms with van der Waals surface area (Å²) in [5, 5.41) is 5.26. The molecule has 0 atom stereocenters. The van der Waals surface area contributed by atoms with Crippen molar-refractivity contribution in [3.63, 3.8) is 0 Å². The number of carbonyl (C=O) groups excluding carboxylic acids is 1. The summed E-state index contributed by atoms with van der Waals surface area (Å²) < 4.78 is 5.82. The number of hydrogen-bond donors (Lipinski definition) is 1. The van der Waals surface area contributed by atoms with E-state index in [1.54, 1.807) is 18.5 Å². The van der Waals surface area contributed by atoms with Crippen LogP contribution in [0.15, 0.2) is 60.9 Å². The first-order valence-electron chi connectivity index (χ1n) is 9.02. The molecule has 1 N–H and O–H groups in total. The summed E-state index contributed by atoms with van der Waals surface area (Å²) in [6.45, 7) is 0. The average Bonchev–Trinajstić information content (AvgIpc) is 2.70. The standard InChI is InChI=1S/C21H21N3O2/c25-20(19-8-3-6-15-5-1-2-7-18(15)19)24-16-9-11-17(12-10-16)26-21-22-13-4-14-23-21/h1-8,13-14,16-17H,9-12H2,(H,24,25). The summed E-state index contributed by atoms with van der Waals surface area (Å²) >= 11 is 0. The summed E-state index contributed by atoms with van der Waals surface area (Å²) in [4.78, 5) is 20.9. The molecular weight excluding hydrogens is 326 g/mol. The topological polar surface area (TPSA) is 64.1 Å². The van der Waals surface area contributed by atoms with E-state index in [0.717, 1.165) is 42.0 Å². The Bertz CT molecular complexity index is 885. The van der Waals surface area contributed by atoms with Gasteiger partial charge in [-0.2, -0.15) is 0 Å². The average molecular weight is 347 g/mol. The Morgan fingerprint density at radius 2 is 1.65 bits per heavy atom. The Balaban J connectivity index is 1.36. The van der Waals surface area contributed by atoms with E-state index < -0.39 is 0 Å². The molecule has 1 heterocycles. The molecule has 5 heteroatoms. The number of amides is 1. The van der Waals surface area contributed by atoms with Crippen LogP contribution in [0, 0.1) is 0 Å². The second-order valence-corrected chi connectivity index (χ2v) is 6.62. The van der Waals surface area contributed by atoms with Gasteiger partial charge in [0.25, 0.3) is 5.91 Å².